The van der Waals surface area contributed by atoms with Crippen LogP contribution >= 0.6 is 0 Å². The van der Waals surface area contributed by atoms with Gasteiger partial charge in [-0.15, -0.1) is 0 Å². The lowest BCUT2D eigenvalue weighted by Crippen LogP contribution is -2.38. The first kappa shape index (κ1) is 17.9. The van der Waals surface area contributed by atoms with Gasteiger partial charge in [0.1, 0.15) is 0 Å². The second-order valence-electron chi connectivity index (χ2n) is 5.38. The van der Waals surface area contributed by atoms with E-state index in [1.54, 1.807) is 25.4 Å². The zero-order chi connectivity index (χ0) is 17.7. The Kier molecular flexibility index (Phi) is 5.53. The summed E-state index contributed by atoms with van der Waals surface area (Å²) in [7, 11) is -2.05. The molecule has 0 aliphatic rings. The van der Waals surface area contributed by atoms with Gasteiger partial charge in [-0.05, 0) is 36.8 Å². The molecule has 1 aromatic carbocycles. The number of amides is 2. The van der Waals surface area contributed by atoms with Gasteiger partial charge in [0.25, 0.3) is 0 Å². The number of hydrogen-bond acceptors (Lipinski definition) is 4. The Balaban J connectivity index is 2.00. The molecule has 0 fully saturated rings. The van der Waals surface area contributed by atoms with Gasteiger partial charge in [-0.25, -0.2) is 18.4 Å². The molecule has 0 aliphatic carbocycles. The topological polar surface area (TPSA) is 105 Å². The van der Waals surface area contributed by atoms with E-state index in [1.807, 2.05) is 25.1 Å². The highest BCUT2D eigenvalue weighted by atomic mass is 32.2. The van der Waals surface area contributed by atoms with Crippen molar-refractivity contribution in [2.45, 2.75) is 24.4 Å². The number of aromatic nitrogens is 1. The summed E-state index contributed by atoms with van der Waals surface area (Å²) >= 11 is 0. The smallest absolute Gasteiger partial charge is 0.317 e. The van der Waals surface area contributed by atoms with E-state index >= 15 is 0 Å². The number of benzene rings is 1. The Bertz CT molecular complexity index is 792. The van der Waals surface area contributed by atoms with Crippen molar-refractivity contribution in [3.05, 3.63) is 59.9 Å². The van der Waals surface area contributed by atoms with Crippen molar-refractivity contribution in [3.8, 4) is 0 Å². The van der Waals surface area contributed by atoms with E-state index in [2.05, 4.69) is 10.3 Å². The van der Waals surface area contributed by atoms with Crippen LogP contribution in [-0.4, -0.2) is 31.4 Å². The van der Waals surface area contributed by atoms with Gasteiger partial charge in [0.2, 0.25) is 10.0 Å². The average Bonchev–Trinajstić information content (AvgIpc) is 2.58. The summed E-state index contributed by atoms with van der Waals surface area (Å²) in [6.07, 6.45) is 1.67. The van der Waals surface area contributed by atoms with Crippen molar-refractivity contribution in [3.63, 3.8) is 0 Å². The van der Waals surface area contributed by atoms with E-state index in [-0.39, 0.29) is 17.0 Å². The van der Waals surface area contributed by atoms with Crippen molar-refractivity contribution < 1.29 is 13.2 Å². The summed E-state index contributed by atoms with van der Waals surface area (Å²) in [5, 5.41) is 7.87. The third-order valence-electron chi connectivity index (χ3n) is 3.74. The Morgan fingerprint density at radius 2 is 1.92 bits per heavy atom. The zero-order valence-corrected chi connectivity index (χ0v) is 14.3. The third-order valence-corrected chi connectivity index (χ3v) is 4.67. The SMILES string of the molecule is C[C@@H](c1ccc(S(N)(=O)=O)cc1)N(C)C(=O)NCc1ccccn1. The van der Waals surface area contributed by atoms with Gasteiger partial charge in [-0.2, -0.15) is 0 Å². The van der Waals surface area contributed by atoms with Crippen LogP contribution in [0.4, 0.5) is 4.79 Å². The molecule has 0 aliphatic heterocycles. The van der Waals surface area contributed by atoms with Gasteiger partial charge >= 0.3 is 6.03 Å². The molecule has 0 unspecified atom stereocenters. The number of sulfonamides is 1. The van der Waals surface area contributed by atoms with Crippen molar-refractivity contribution in [2.24, 2.45) is 5.14 Å². The maximum Gasteiger partial charge on any atom is 0.317 e. The minimum absolute atomic E-state index is 0.0423. The van der Waals surface area contributed by atoms with Gasteiger partial charge in [-0.1, -0.05) is 18.2 Å². The molecule has 2 rings (SSSR count). The van der Waals surface area contributed by atoms with Gasteiger partial charge in [0.05, 0.1) is 23.2 Å². The lowest BCUT2D eigenvalue weighted by Gasteiger charge is -2.25. The van der Waals surface area contributed by atoms with E-state index in [0.29, 0.717) is 6.54 Å². The van der Waals surface area contributed by atoms with Crippen LogP contribution in [0, 0.1) is 0 Å². The molecule has 2 aromatic rings. The Morgan fingerprint density at radius 1 is 1.25 bits per heavy atom. The number of nitrogens with zero attached hydrogens (tertiary/aromatic N) is 2. The van der Waals surface area contributed by atoms with E-state index in [4.69, 9.17) is 5.14 Å². The second-order valence-corrected chi connectivity index (χ2v) is 6.94. The molecule has 0 radical (unpaired) electrons. The fourth-order valence-electron chi connectivity index (χ4n) is 2.13. The highest BCUT2D eigenvalue weighted by molar-refractivity contribution is 7.89. The van der Waals surface area contributed by atoms with Gasteiger partial charge in [0, 0.05) is 13.2 Å². The van der Waals surface area contributed by atoms with Gasteiger partial charge in [-0.3, -0.25) is 4.98 Å². The molecule has 2 amide bonds. The number of carbonyl (C=O) groups excluding carboxylic acids is 1. The summed E-state index contributed by atoms with van der Waals surface area (Å²) in [6, 6.07) is 11.2. The number of nitrogens with one attached hydrogen (secondary N) is 1. The van der Waals surface area contributed by atoms with Crippen LogP contribution in [0.2, 0.25) is 0 Å². The minimum Gasteiger partial charge on any atom is -0.332 e. The normalized spacial score (nSPS) is 12.5. The molecule has 128 valence electrons. The molecule has 1 atom stereocenters. The van der Waals surface area contributed by atoms with Crippen molar-refractivity contribution >= 4 is 16.1 Å². The maximum atomic E-state index is 12.2. The largest absolute Gasteiger partial charge is 0.332 e. The van der Waals surface area contributed by atoms with Crippen LogP contribution in [0.5, 0.6) is 0 Å². The molecular formula is C16H20N4O3S. The van der Waals surface area contributed by atoms with Crippen molar-refractivity contribution in [1.29, 1.82) is 0 Å². The van der Waals surface area contributed by atoms with Crippen LogP contribution in [-0.2, 0) is 16.6 Å². The van der Waals surface area contributed by atoms with E-state index in [0.717, 1.165) is 11.3 Å². The molecule has 1 aromatic heterocycles. The first-order valence-electron chi connectivity index (χ1n) is 7.32. The molecule has 0 saturated carbocycles. The quantitative estimate of drug-likeness (QED) is 0.856. The number of urea groups is 1. The summed E-state index contributed by atoms with van der Waals surface area (Å²) in [4.78, 5) is 18.0. The predicted octanol–water partition coefficient (Wildman–Crippen LogP) is 1.63. The fourth-order valence-corrected chi connectivity index (χ4v) is 2.64. The van der Waals surface area contributed by atoms with Crippen LogP contribution in [0.15, 0.2) is 53.6 Å². The lowest BCUT2D eigenvalue weighted by molar-refractivity contribution is 0.194. The van der Waals surface area contributed by atoms with Gasteiger partial charge in [0.15, 0.2) is 0 Å². The summed E-state index contributed by atoms with van der Waals surface area (Å²) in [6.45, 7) is 2.19. The Morgan fingerprint density at radius 3 is 2.46 bits per heavy atom. The van der Waals surface area contributed by atoms with E-state index < -0.39 is 10.0 Å². The number of hydrogen-bond donors (Lipinski definition) is 2. The molecule has 0 saturated heterocycles. The molecule has 3 N–H and O–H groups in total. The molecule has 7 nitrogen and oxygen atoms in total. The standard InChI is InChI=1S/C16H20N4O3S/c1-12(13-6-8-15(9-7-13)24(17,22)23)20(2)16(21)19-11-14-5-3-4-10-18-14/h3-10,12H,11H2,1-2H3,(H,19,21)(H2,17,22,23)/t12-/m0/s1. The molecule has 1 heterocycles. The molecule has 0 spiro atoms. The highest BCUT2D eigenvalue weighted by Gasteiger charge is 2.18. The zero-order valence-electron chi connectivity index (χ0n) is 13.5. The Hall–Kier alpha value is -2.45. The lowest BCUT2D eigenvalue weighted by atomic mass is 10.1. The molecule has 24 heavy (non-hydrogen) atoms. The summed E-state index contributed by atoms with van der Waals surface area (Å²) in [5.41, 5.74) is 1.57. The first-order chi connectivity index (χ1) is 11.3. The van der Waals surface area contributed by atoms with Crippen LogP contribution < -0.4 is 10.5 Å². The minimum atomic E-state index is -3.72. The van der Waals surface area contributed by atoms with Crippen LogP contribution in [0.1, 0.15) is 24.2 Å². The van der Waals surface area contributed by atoms with Crippen molar-refractivity contribution in [2.75, 3.05) is 7.05 Å². The Labute approximate surface area is 141 Å². The molecule has 8 heteroatoms. The third kappa shape index (κ3) is 4.53. The van der Waals surface area contributed by atoms with Crippen LogP contribution in [0.25, 0.3) is 0 Å². The number of primary sulfonamides is 1. The molecule has 0 bridgehead atoms. The monoisotopic (exact) mass is 348 g/mol. The van der Waals surface area contributed by atoms with E-state index in [1.165, 1.54) is 17.0 Å². The number of nitrogens with two attached hydrogens (primary N) is 1. The number of rotatable bonds is 5. The average molecular weight is 348 g/mol. The first-order valence-corrected chi connectivity index (χ1v) is 8.87. The fraction of sp³-hybridized carbons (Fsp3) is 0.250. The van der Waals surface area contributed by atoms with Crippen molar-refractivity contribution in [1.82, 2.24) is 15.2 Å². The number of pyridine rings is 1. The summed E-state index contributed by atoms with van der Waals surface area (Å²) < 4.78 is 22.5. The summed E-state index contributed by atoms with van der Waals surface area (Å²) in [5.74, 6) is 0. The predicted molar refractivity (Wildman–Crippen MR) is 90.5 cm³/mol. The highest BCUT2D eigenvalue weighted by Crippen LogP contribution is 2.20. The van der Waals surface area contributed by atoms with Gasteiger partial charge < -0.3 is 10.2 Å². The molecular weight excluding hydrogens is 328 g/mol. The second kappa shape index (κ2) is 7.41. The van der Waals surface area contributed by atoms with E-state index in [9.17, 15) is 13.2 Å². The number of carbonyl (C=O) groups is 1. The maximum absolute atomic E-state index is 12.2. The van der Waals surface area contributed by atoms with Crippen LogP contribution in [0.3, 0.4) is 0 Å².